The number of rotatable bonds is 5. The molecule has 0 radical (unpaired) electrons. The lowest BCUT2D eigenvalue weighted by Gasteiger charge is -2.42. The van der Waals surface area contributed by atoms with E-state index < -0.39 is 21.8 Å². The highest BCUT2D eigenvalue weighted by molar-refractivity contribution is 7.89. The molecule has 200 valence electrons. The number of aromatic nitrogens is 1. The number of halogens is 3. The summed E-state index contributed by atoms with van der Waals surface area (Å²) in [7, 11) is -3.68. The number of anilines is 2. The van der Waals surface area contributed by atoms with Gasteiger partial charge in [0.1, 0.15) is 12.4 Å². The van der Waals surface area contributed by atoms with Crippen molar-refractivity contribution in [2.75, 3.05) is 43.0 Å². The minimum absolute atomic E-state index is 0.000973. The third kappa shape index (κ3) is 5.68. The van der Waals surface area contributed by atoms with Crippen LogP contribution in [0.2, 0.25) is 0 Å². The van der Waals surface area contributed by atoms with Gasteiger partial charge in [-0.2, -0.15) is 17.5 Å². The Labute approximate surface area is 213 Å². The Bertz CT molecular complexity index is 1220. The van der Waals surface area contributed by atoms with Gasteiger partial charge >= 0.3 is 6.18 Å². The van der Waals surface area contributed by atoms with Crippen LogP contribution in [0.15, 0.2) is 47.5 Å². The molecule has 3 fully saturated rings. The number of carbonyl (C=O) groups excluding carboxylic acids is 1. The lowest BCUT2D eigenvalue weighted by molar-refractivity contribution is -0.138. The van der Waals surface area contributed by atoms with Crippen LogP contribution in [0.25, 0.3) is 0 Å². The smallest absolute Gasteiger partial charge is 0.369 e. The number of carbonyl (C=O) groups is 1. The summed E-state index contributed by atoms with van der Waals surface area (Å²) in [5, 5.41) is 6.06. The van der Waals surface area contributed by atoms with E-state index in [1.54, 1.807) is 24.3 Å². The van der Waals surface area contributed by atoms with Crippen molar-refractivity contribution >= 4 is 27.4 Å². The average Bonchev–Trinajstić information content (AvgIpc) is 2.88. The van der Waals surface area contributed by atoms with Gasteiger partial charge in [-0.05, 0) is 55.7 Å². The number of amides is 1. The van der Waals surface area contributed by atoms with Crippen LogP contribution in [0.1, 0.15) is 24.8 Å². The molecule has 37 heavy (non-hydrogen) atoms. The Morgan fingerprint density at radius 3 is 2.41 bits per heavy atom. The number of hydrogen-bond acceptors (Lipinski definition) is 7. The fourth-order valence-corrected chi connectivity index (χ4v) is 6.48. The number of fused-ring (bicyclic) bond motifs is 1. The first kappa shape index (κ1) is 25.7. The van der Waals surface area contributed by atoms with Crippen molar-refractivity contribution in [1.82, 2.24) is 14.6 Å². The molecule has 0 bridgehead atoms. The first-order valence-corrected chi connectivity index (χ1v) is 13.6. The van der Waals surface area contributed by atoms with Gasteiger partial charge in [0.25, 0.3) is 0 Å². The molecule has 4 heterocycles. The second kappa shape index (κ2) is 10.1. The quantitative estimate of drug-likeness (QED) is 0.602. The fraction of sp³-hybridized carbons (Fsp3) is 0.500. The monoisotopic (exact) mass is 539 g/mol. The number of sulfonamides is 1. The van der Waals surface area contributed by atoms with Gasteiger partial charge in [0.15, 0.2) is 0 Å². The highest BCUT2D eigenvalue weighted by Crippen LogP contribution is 2.30. The number of benzene rings is 1. The summed E-state index contributed by atoms with van der Waals surface area (Å²) in [6.07, 6.45) is -1.87. The number of pyridine rings is 1. The average molecular weight is 540 g/mol. The van der Waals surface area contributed by atoms with Crippen molar-refractivity contribution < 1.29 is 31.1 Å². The molecule has 1 aromatic carbocycles. The second-order valence-corrected chi connectivity index (χ2v) is 11.4. The standard InChI is InChI=1S/C24H28F3N5O4S/c25-24(26,27)16-1-6-22(28-13-16)29-17-7-11-32(12-8-17)37(34,35)19-4-2-18(3-5-19)31-10-9-21-20(14-31)30-23(33)15-36-21/h1-6,13,17,20-21H,7-12,14-15H2,(H,28,29)(H,30,33)/t20-,21+/m0/s1. The van der Waals surface area contributed by atoms with Crippen LogP contribution in [-0.2, 0) is 25.7 Å². The number of nitrogens with one attached hydrogen (secondary N) is 2. The van der Waals surface area contributed by atoms with E-state index >= 15 is 0 Å². The van der Waals surface area contributed by atoms with Gasteiger partial charge in [0.2, 0.25) is 15.9 Å². The summed E-state index contributed by atoms with van der Waals surface area (Å²) >= 11 is 0. The van der Waals surface area contributed by atoms with E-state index in [0.29, 0.717) is 25.2 Å². The van der Waals surface area contributed by atoms with Crippen molar-refractivity contribution in [3.8, 4) is 0 Å². The van der Waals surface area contributed by atoms with Gasteiger partial charge in [0, 0.05) is 44.1 Å². The van der Waals surface area contributed by atoms with Crippen LogP contribution in [0, 0.1) is 0 Å². The van der Waals surface area contributed by atoms with E-state index in [9.17, 15) is 26.4 Å². The third-order valence-electron chi connectivity index (χ3n) is 7.06. The Morgan fingerprint density at radius 1 is 1.03 bits per heavy atom. The molecule has 5 rings (SSSR count). The number of piperidine rings is 2. The Balaban J connectivity index is 1.16. The second-order valence-electron chi connectivity index (χ2n) is 9.50. The number of ether oxygens (including phenoxy) is 1. The van der Waals surface area contributed by atoms with Crippen LogP contribution in [0.4, 0.5) is 24.7 Å². The van der Waals surface area contributed by atoms with E-state index in [1.165, 1.54) is 10.4 Å². The molecular weight excluding hydrogens is 511 g/mol. The molecule has 0 saturated carbocycles. The molecule has 0 spiro atoms. The lowest BCUT2D eigenvalue weighted by atomic mass is 10.00. The van der Waals surface area contributed by atoms with Crippen molar-refractivity contribution in [3.63, 3.8) is 0 Å². The lowest BCUT2D eigenvalue weighted by Crippen LogP contribution is -2.60. The molecule has 3 aliphatic heterocycles. The molecule has 3 saturated heterocycles. The maximum Gasteiger partial charge on any atom is 0.417 e. The zero-order valence-corrected chi connectivity index (χ0v) is 20.8. The summed E-state index contributed by atoms with van der Waals surface area (Å²) in [6, 6.07) is 8.83. The first-order chi connectivity index (χ1) is 17.6. The largest absolute Gasteiger partial charge is 0.417 e. The molecule has 2 aromatic rings. The van der Waals surface area contributed by atoms with Gasteiger partial charge in [0.05, 0.1) is 22.6 Å². The predicted molar refractivity (Wildman–Crippen MR) is 130 cm³/mol. The first-order valence-electron chi connectivity index (χ1n) is 12.2. The minimum Gasteiger partial charge on any atom is -0.369 e. The summed E-state index contributed by atoms with van der Waals surface area (Å²) in [6.45, 7) is 2.01. The van der Waals surface area contributed by atoms with Gasteiger partial charge in [-0.1, -0.05) is 0 Å². The highest BCUT2D eigenvalue weighted by atomic mass is 32.2. The molecule has 1 amide bonds. The number of morpholine rings is 1. The van der Waals surface area contributed by atoms with E-state index in [2.05, 4.69) is 20.5 Å². The highest BCUT2D eigenvalue weighted by Gasteiger charge is 2.35. The fourth-order valence-electron chi connectivity index (χ4n) is 5.01. The van der Waals surface area contributed by atoms with Crippen LogP contribution >= 0.6 is 0 Å². The van der Waals surface area contributed by atoms with Crippen LogP contribution < -0.4 is 15.5 Å². The molecule has 13 heteroatoms. The Hall–Kier alpha value is -2.90. The molecular formula is C24H28F3N5O4S. The van der Waals surface area contributed by atoms with Crippen molar-refractivity contribution in [2.45, 2.75) is 48.5 Å². The van der Waals surface area contributed by atoms with Crippen molar-refractivity contribution in [2.24, 2.45) is 0 Å². The molecule has 9 nitrogen and oxygen atoms in total. The van der Waals surface area contributed by atoms with E-state index in [4.69, 9.17) is 4.74 Å². The maximum atomic E-state index is 13.2. The summed E-state index contributed by atoms with van der Waals surface area (Å²) in [5.74, 6) is 0.201. The zero-order valence-electron chi connectivity index (χ0n) is 19.9. The van der Waals surface area contributed by atoms with Gasteiger partial charge < -0.3 is 20.3 Å². The van der Waals surface area contributed by atoms with Crippen LogP contribution in [-0.4, -0.2) is 74.6 Å². The summed E-state index contributed by atoms with van der Waals surface area (Å²) in [5.41, 5.74) is 0.0633. The van der Waals surface area contributed by atoms with E-state index in [1.807, 2.05) is 0 Å². The molecule has 3 aliphatic rings. The SMILES string of the molecule is O=C1CO[C@@H]2CCN(c3ccc(S(=O)(=O)N4CCC(Nc5ccc(C(F)(F)F)cn5)CC4)cc3)C[C@@H]2N1. The summed E-state index contributed by atoms with van der Waals surface area (Å²) in [4.78, 5) is 17.8. The van der Waals surface area contributed by atoms with Gasteiger partial charge in [-0.15, -0.1) is 0 Å². The third-order valence-corrected chi connectivity index (χ3v) is 8.97. The number of hydrogen-bond donors (Lipinski definition) is 2. The van der Waals surface area contributed by atoms with Gasteiger partial charge in [-0.25, -0.2) is 13.4 Å². The predicted octanol–water partition coefficient (Wildman–Crippen LogP) is 2.46. The molecule has 2 atom stereocenters. The topological polar surface area (TPSA) is 104 Å². The van der Waals surface area contributed by atoms with E-state index in [-0.39, 0.29) is 48.7 Å². The zero-order chi connectivity index (χ0) is 26.2. The minimum atomic E-state index is -4.44. The van der Waals surface area contributed by atoms with Crippen LogP contribution in [0.3, 0.4) is 0 Å². The summed E-state index contributed by atoms with van der Waals surface area (Å²) < 4.78 is 71.6. The maximum absolute atomic E-state index is 13.2. The Morgan fingerprint density at radius 2 is 1.76 bits per heavy atom. The molecule has 2 N–H and O–H groups in total. The normalized spacial score (nSPS) is 23.9. The molecule has 0 unspecified atom stereocenters. The molecule has 0 aliphatic carbocycles. The molecule has 1 aromatic heterocycles. The number of alkyl halides is 3. The number of nitrogens with zero attached hydrogens (tertiary/aromatic N) is 3. The van der Waals surface area contributed by atoms with E-state index in [0.717, 1.165) is 30.9 Å². The van der Waals surface area contributed by atoms with Gasteiger partial charge in [-0.3, -0.25) is 4.79 Å². The van der Waals surface area contributed by atoms with Crippen molar-refractivity contribution in [1.29, 1.82) is 0 Å². The van der Waals surface area contributed by atoms with Crippen LogP contribution in [0.5, 0.6) is 0 Å². The van der Waals surface area contributed by atoms with Crippen molar-refractivity contribution in [3.05, 3.63) is 48.2 Å². The Kier molecular flexibility index (Phi) is 7.03.